The van der Waals surface area contributed by atoms with Crippen LogP contribution in [0.2, 0.25) is 0 Å². The van der Waals surface area contributed by atoms with Crippen LogP contribution in [0.5, 0.6) is 0 Å². The maximum Gasteiger partial charge on any atom is 0.306 e. The summed E-state index contributed by atoms with van der Waals surface area (Å²) in [6, 6.07) is 0. The molecule has 1 rings (SSSR count). The summed E-state index contributed by atoms with van der Waals surface area (Å²) in [4.78, 5) is 10.3. The maximum atomic E-state index is 10.3. The van der Waals surface area contributed by atoms with Crippen molar-refractivity contribution in [2.75, 3.05) is 13.2 Å². The van der Waals surface area contributed by atoms with E-state index >= 15 is 0 Å². The summed E-state index contributed by atoms with van der Waals surface area (Å²) < 4.78 is 9.94. The van der Waals surface area contributed by atoms with Crippen LogP contribution >= 0.6 is 0 Å². The first-order valence-corrected chi connectivity index (χ1v) is 5.68. The first-order valence-electron chi connectivity index (χ1n) is 5.68. The highest BCUT2D eigenvalue weighted by molar-refractivity contribution is 5.67. The summed E-state index contributed by atoms with van der Waals surface area (Å²) in [7, 11) is 0. The summed E-state index contributed by atoms with van der Waals surface area (Å²) in [6.45, 7) is -1.03. The molecule has 0 saturated carbocycles. The van der Waals surface area contributed by atoms with Crippen molar-refractivity contribution in [1.82, 2.24) is 0 Å². The van der Waals surface area contributed by atoms with Crippen LogP contribution in [0.15, 0.2) is 0 Å². The standard InChI is InChI=1S/C10H18O9/c11-2-5-7(15)8(16)9(17)10(19-5)18-3-4(12)1-6(13)14/h4-5,7-12,15-17H,1-3H2,(H,13,14)/t4-,5+,7-,8-,9+,10-/m0/s1. The number of carbonyl (C=O) groups is 1. The minimum atomic E-state index is -1.58. The molecule has 1 fully saturated rings. The lowest BCUT2D eigenvalue weighted by molar-refractivity contribution is -0.304. The van der Waals surface area contributed by atoms with E-state index in [0.717, 1.165) is 0 Å². The Balaban J connectivity index is 2.50. The van der Waals surface area contributed by atoms with Gasteiger partial charge in [-0.1, -0.05) is 0 Å². The number of carboxylic acids is 1. The average Bonchev–Trinajstić information content (AvgIpc) is 2.34. The van der Waals surface area contributed by atoms with Crippen molar-refractivity contribution in [1.29, 1.82) is 0 Å². The largest absolute Gasteiger partial charge is 0.481 e. The van der Waals surface area contributed by atoms with Crippen LogP contribution in [-0.2, 0) is 14.3 Å². The van der Waals surface area contributed by atoms with Gasteiger partial charge in [0.1, 0.15) is 24.4 Å². The van der Waals surface area contributed by atoms with E-state index in [9.17, 15) is 25.2 Å². The predicted octanol–water partition coefficient (Wildman–Crippen LogP) is -3.36. The smallest absolute Gasteiger partial charge is 0.306 e. The van der Waals surface area contributed by atoms with Gasteiger partial charge in [0.15, 0.2) is 6.29 Å². The normalized spacial score (nSPS) is 37.0. The van der Waals surface area contributed by atoms with Gasteiger partial charge >= 0.3 is 5.97 Å². The number of rotatable bonds is 6. The fraction of sp³-hybridized carbons (Fsp3) is 0.900. The van der Waals surface area contributed by atoms with Crippen molar-refractivity contribution >= 4 is 5.97 Å². The van der Waals surface area contributed by atoms with Crippen LogP contribution in [0.3, 0.4) is 0 Å². The summed E-state index contributed by atoms with van der Waals surface area (Å²) in [6.07, 6.45) is -8.98. The molecule has 6 atom stereocenters. The molecular weight excluding hydrogens is 264 g/mol. The highest BCUT2D eigenvalue weighted by atomic mass is 16.7. The topological polar surface area (TPSA) is 157 Å². The van der Waals surface area contributed by atoms with E-state index in [1.807, 2.05) is 0 Å². The Labute approximate surface area is 108 Å². The average molecular weight is 282 g/mol. The predicted molar refractivity (Wildman–Crippen MR) is 58.0 cm³/mol. The second kappa shape index (κ2) is 7.10. The third-order valence-electron chi connectivity index (χ3n) is 2.71. The van der Waals surface area contributed by atoms with Gasteiger partial charge in [-0.15, -0.1) is 0 Å². The van der Waals surface area contributed by atoms with Gasteiger partial charge in [0.2, 0.25) is 0 Å². The molecule has 1 aliphatic heterocycles. The van der Waals surface area contributed by atoms with Crippen molar-refractivity contribution in [3.05, 3.63) is 0 Å². The number of aliphatic carboxylic acids is 1. The van der Waals surface area contributed by atoms with Crippen molar-refractivity contribution in [3.8, 4) is 0 Å². The molecule has 6 N–H and O–H groups in total. The Morgan fingerprint density at radius 3 is 2.37 bits per heavy atom. The lowest BCUT2D eigenvalue weighted by Crippen LogP contribution is -2.59. The molecule has 0 aliphatic carbocycles. The number of ether oxygens (including phenoxy) is 2. The van der Waals surface area contributed by atoms with Crippen LogP contribution in [0.4, 0.5) is 0 Å². The fourth-order valence-corrected chi connectivity index (χ4v) is 1.67. The Kier molecular flexibility index (Phi) is 6.07. The van der Waals surface area contributed by atoms with E-state index in [2.05, 4.69) is 0 Å². The monoisotopic (exact) mass is 282 g/mol. The first kappa shape index (κ1) is 16.2. The van der Waals surface area contributed by atoms with Gasteiger partial charge in [0, 0.05) is 0 Å². The van der Waals surface area contributed by atoms with Gasteiger partial charge in [-0.25, -0.2) is 0 Å². The summed E-state index contributed by atoms with van der Waals surface area (Å²) >= 11 is 0. The molecule has 9 nitrogen and oxygen atoms in total. The highest BCUT2D eigenvalue weighted by Crippen LogP contribution is 2.22. The molecule has 112 valence electrons. The highest BCUT2D eigenvalue weighted by Gasteiger charge is 2.44. The summed E-state index contributed by atoms with van der Waals surface area (Å²) in [5, 5.41) is 55.1. The molecule has 1 heterocycles. The van der Waals surface area contributed by atoms with Crippen LogP contribution in [0.25, 0.3) is 0 Å². The van der Waals surface area contributed by atoms with Crippen LogP contribution in [-0.4, -0.2) is 86.6 Å². The minimum Gasteiger partial charge on any atom is -0.481 e. The van der Waals surface area contributed by atoms with E-state index in [1.165, 1.54) is 0 Å². The maximum absolute atomic E-state index is 10.3. The zero-order valence-corrected chi connectivity index (χ0v) is 9.99. The van der Waals surface area contributed by atoms with E-state index in [1.54, 1.807) is 0 Å². The molecule has 0 radical (unpaired) electrons. The molecule has 0 spiro atoms. The third kappa shape index (κ3) is 4.35. The van der Waals surface area contributed by atoms with Crippen molar-refractivity contribution in [3.63, 3.8) is 0 Å². The van der Waals surface area contributed by atoms with Gasteiger partial charge in [-0.2, -0.15) is 0 Å². The zero-order valence-electron chi connectivity index (χ0n) is 9.99. The van der Waals surface area contributed by atoms with Crippen LogP contribution in [0, 0.1) is 0 Å². The fourth-order valence-electron chi connectivity index (χ4n) is 1.67. The molecule has 0 bridgehead atoms. The molecule has 19 heavy (non-hydrogen) atoms. The number of hydrogen-bond acceptors (Lipinski definition) is 8. The second-order valence-corrected chi connectivity index (χ2v) is 4.28. The molecule has 0 aromatic heterocycles. The number of carboxylic acid groups (broad SMARTS) is 1. The molecule has 0 unspecified atom stereocenters. The van der Waals surface area contributed by atoms with Crippen LogP contribution in [0.1, 0.15) is 6.42 Å². The molecule has 1 saturated heterocycles. The van der Waals surface area contributed by atoms with Gasteiger partial charge in [-0.05, 0) is 0 Å². The van der Waals surface area contributed by atoms with E-state index in [4.69, 9.17) is 19.7 Å². The molecule has 0 amide bonds. The lowest BCUT2D eigenvalue weighted by atomic mass is 9.99. The molecule has 1 aliphatic rings. The van der Waals surface area contributed by atoms with Gasteiger partial charge in [-0.3, -0.25) is 4.79 Å². The van der Waals surface area contributed by atoms with E-state index in [-0.39, 0.29) is 0 Å². The van der Waals surface area contributed by atoms with E-state index < -0.39 is 62.4 Å². The second-order valence-electron chi connectivity index (χ2n) is 4.28. The zero-order chi connectivity index (χ0) is 14.6. The molecule has 0 aromatic carbocycles. The Bertz CT molecular complexity index is 295. The van der Waals surface area contributed by atoms with Gasteiger partial charge in [0.25, 0.3) is 0 Å². The third-order valence-corrected chi connectivity index (χ3v) is 2.71. The summed E-state index contributed by atoms with van der Waals surface area (Å²) in [5.74, 6) is -1.22. The van der Waals surface area contributed by atoms with Crippen molar-refractivity contribution in [2.24, 2.45) is 0 Å². The van der Waals surface area contributed by atoms with Crippen molar-refractivity contribution < 1.29 is 44.9 Å². The SMILES string of the molecule is O=C(O)C[C@H](O)CO[C@H]1O[C@H](CO)[C@H](O)[C@H](O)[C@H]1O. The minimum absolute atomic E-state index is 0.436. The Hall–Kier alpha value is -0.810. The van der Waals surface area contributed by atoms with Crippen molar-refractivity contribution in [2.45, 2.75) is 43.2 Å². The molecular formula is C10H18O9. The van der Waals surface area contributed by atoms with E-state index in [0.29, 0.717) is 0 Å². The quantitative estimate of drug-likeness (QED) is 0.292. The molecule has 0 aromatic rings. The number of hydrogen-bond donors (Lipinski definition) is 6. The van der Waals surface area contributed by atoms with Crippen LogP contribution < -0.4 is 0 Å². The Morgan fingerprint density at radius 1 is 1.21 bits per heavy atom. The Morgan fingerprint density at radius 2 is 1.84 bits per heavy atom. The summed E-state index contributed by atoms with van der Waals surface area (Å²) in [5.41, 5.74) is 0. The molecule has 9 heteroatoms. The number of aliphatic hydroxyl groups excluding tert-OH is 5. The van der Waals surface area contributed by atoms with Gasteiger partial charge in [0.05, 0.1) is 25.7 Å². The lowest BCUT2D eigenvalue weighted by Gasteiger charge is -2.39. The van der Waals surface area contributed by atoms with Gasteiger partial charge < -0.3 is 40.1 Å². The first-order chi connectivity index (χ1) is 8.86. The number of aliphatic hydroxyl groups is 5.